The second kappa shape index (κ2) is 5.97. The van der Waals surface area contributed by atoms with E-state index in [1.54, 1.807) is 7.11 Å². The van der Waals surface area contributed by atoms with Gasteiger partial charge >= 0.3 is 0 Å². The molecule has 0 N–H and O–H groups in total. The van der Waals surface area contributed by atoms with E-state index in [0.717, 1.165) is 29.7 Å². The largest absolute Gasteiger partial charge is 0.496 e. The number of methoxy groups -OCH3 is 1. The summed E-state index contributed by atoms with van der Waals surface area (Å²) in [7, 11) is 1.65. The van der Waals surface area contributed by atoms with Crippen LogP contribution in [0.4, 0.5) is 0 Å². The van der Waals surface area contributed by atoms with Gasteiger partial charge in [-0.05, 0) is 40.0 Å². The highest BCUT2D eigenvalue weighted by Crippen LogP contribution is 2.26. The summed E-state index contributed by atoms with van der Waals surface area (Å²) in [5.41, 5.74) is 1.19. The van der Waals surface area contributed by atoms with Gasteiger partial charge in [0.25, 0.3) is 0 Å². The van der Waals surface area contributed by atoms with E-state index >= 15 is 0 Å². The Hall–Kier alpha value is -0.680. The van der Waals surface area contributed by atoms with E-state index in [4.69, 9.17) is 4.74 Å². The molecule has 1 amide bonds. The number of benzene rings is 1. The fourth-order valence-corrected chi connectivity index (χ4v) is 3.04. The van der Waals surface area contributed by atoms with Crippen molar-refractivity contribution in [3.63, 3.8) is 0 Å². The van der Waals surface area contributed by atoms with Crippen LogP contribution in [-0.2, 0) is 11.2 Å². The van der Waals surface area contributed by atoms with Crippen LogP contribution in [0, 0.1) is 0 Å². The molecular formula is C13H16BrNO2S. The van der Waals surface area contributed by atoms with Crippen molar-refractivity contribution >= 4 is 34.5 Å². The monoisotopic (exact) mass is 329 g/mol. The van der Waals surface area contributed by atoms with Crippen LogP contribution in [0.3, 0.4) is 0 Å². The van der Waals surface area contributed by atoms with Crippen molar-refractivity contribution in [3.05, 3.63) is 28.2 Å². The molecule has 0 saturated carbocycles. The molecule has 98 valence electrons. The number of nitrogens with zero attached hydrogens (tertiary/aromatic N) is 1. The van der Waals surface area contributed by atoms with E-state index in [1.165, 1.54) is 5.56 Å². The summed E-state index contributed by atoms with van der Waals surface area (Å²) in [6.07, 6.45) is 1.42. The molecule has 1 aliphatic rings. The van der Waals surface area contributed by atoms with Gasteiger partial charge in [-0.25, -0.2) is 0 Å². The Balaban J connectivity index is 1.94. The summed E-state index contributed by atoms with van der Waals surface area (Å²) in [4.78, 5) is 13.5. The summed E-state index contributed by atoms with van der Waals surface area (Å²) < 4.78 is 6.13. The number of hydrogen-bond donors (Lipinski definition) is 1. The lowest BCUT2D eigenvalue weighted by Gasteiger charge is -2.16. The highest BCUT2D eigenvalue weighted by atomic mass is 79.9. The van der Waals surface area contributed by atoms with Gasteiger partial charge in [-0.15, -0.1) is 0 Å². The fraction of sp³-hybridized carbons (Fsp3) is 0.462. The third kappa shape index (κ3) is 3.20. The maximum Gasteiger partial charge on any atom is 0.223 e. The van der Waals surface area contributed by atoms with Gasteiger partial charge in [-0.2, -0.15) is 12.6 Å². The third-order valence-electron chi connectivity index (χ3n) is 3.08. The zero-order chi connectivity index (χ0) is 13.1. The minimum absolute atomic E-state index is 0.195. The van der Waals surface area contributed by atoms with Crippen LogP contribution >= 0.6 is 28.6 Å². The Morgan fingerprint density at radius 1 is 1.56 bits per heavy atom. The van der Waals surface area contributed by atoms with Crippen molar-refractivity contribution in [1.29, 1.82) is 0 Å². The number of likely N-dealkylation sites (tertiary alicyclic amines) is 1. The Kier molecular flexibility index (Phi) is 4.56. The molecule has 1 saturated heterocycles. The van der Waals surface area contributed by atoms with E-state index < -0.39 is 0 Å². The number of rotatable bonds is 4. The van der Waals surface area contributed by atoms with E-state index in [2.05, 4.69) is 28.6 Å². The molecule has 0 spiro atoms. The average Bonchev–Trinajstić information content (AvgIpc) is 2.65. The molecule has 0 aromatic heterocycles. The van der Waals surface area contributed by atoms with Crippen LogP contribution in [0.25, 0.3) is 0 Å². The van der Waals surface area contributed by atoms with Gasteiger partial charge in [0.15, 0.2) is 0 Å². The van der Waals surface area contributed by atoms with Crippen LogP contribution in [-0.4, -0.2) is 36.3 Å². The molecule has 1 aromatic carbocycles. The van der Waals surface area contributed by atoms with Crippen molar-refractivity contribution in [2.75, 3.05) is 20.2 Å². The van der Waals surface area contributed by atoms with Gasteiger partial charge in [-0.1, -0.05) is 6.07 Å². The highest BCUT2D eigenvalue weighted by Gasteiger charge is 2.26. The molecule has 1 unspecified atom stereocenters. The molecule has 5 heteroatoms. The predicted octanol–water partition coefficient (Wildman–Crippen LogP) is 2.53. The molecule has 2 rings (SSSR count). The fourth-order valence-electron chi connectivity index (χ4n) is 2.10. The highest BCUT2D eigenvalue weighted by molar-refractivity contribution is 9.10. The van der Waals surface area contributed by atoms with Crippen molar-refractivity contribution < 1.29 is 9.53 Å². The topological polar surface area (TPSA) is 29.5 Å². The quantitative estimate of drug-likeness (QED) is 0.860. The van der Waals surface area contributed by atoms with Crippen LogP contribution < -0.4 is 4.74 Å². The molecule has 18 heavy (non-hydrogen) atoms. The summed E-state index contributed by atoms with van der Waals surface area (Å²) in [5, 5.41) is 0.195. The minimum Gasteiger partial charge on any atom is -0.496 e. The number of carbonyl (C=O) groups excluding carboxylic acids is 1. The minimum atomic E-state index is 0.195. The van der Waals surface area contributed by atoms with Gasteiger partial charge < -0.3 is 9.64 Å². The zero-order valence-corrected chi connectivity index (χ0v) is 12.7. The van der Waals surface area contributed by atoms with Crippen molar-refractivity contribution in [2.24, 2.45) is 0 Å². The lowest BCUT2D eigenvalue weighted by molar-refractivity contribution is -0.127. The first kappa shape index (κ1) is 13.7. The first-order valence-corrected chi connectivity index (χ1v) is 7.19. The van der Waals surface area contributed by atoms with E-state index in [0.29, 0.717) is 6.42 Å². The Morgan fingerprint density at radius 2 is 2.33 bits per heavy atom. The second-order valence-corrected chi connectivity index (χ2v) is 6.00. The second-order valence-electron chi connectivity index (χ2n) is 4.42. The first-order valence-electron chi connectivity index (χ1n) is 5.88. The SMILES string of the molecule is COc1ccc(CCN2CC(S)CC2=O)cc1Br. The number of thiol groups is 1. The Bertz CT molecular complexity index is 453. The summed E-state index contributed by atoms with van der Waals surface area (Å²) >= 11 is 7.81. The number of halogens is 1. The molecule has 0 aliphatic carbocycles. The molecule has 0 bridgehead atoms. The maximum atomic E-state index is 11.6. The van der Waals surface area contributed by atoms with Crippen LogP contribution in [0.1, 0.15) is 12.0 Å². The van der Waals surface area contributed by atoms with Crippen molar-refractivity contribution in [3.8, 4) is 5.75 Å². The van der Waals surface area contributed by atoms with Gasteiger partial charge in [0.1, 0.15) is 5.75 Å². The van der Waals surface area contributed by atoms with Gasteiger partial charge in [-0.3, -0.25) is 4.79 Å². The van der Waals surface area contributed by atoms with Gasteiger partial charge in [0.05, 0.1) is 11.6 Å². The number of carbonyl (C=O) groups is 1. The molecule has 1 fully saturated rings. The van der Waals surface area contributed by atoms with Crippen LogP contribution in [0.15, 0.2) is 22.7 Å². The lowest BCUT2D eigenvalue weighted by atomic mass is 10.1. The van der Waals surface area contributed by atoms with Crippen molar-refractivity contribution in [1.82, 2.24) is 4.90 Å². The Labute approximate surface area is 121 Å². The zero-order valence-electron chi connectivity index (χ0n) is 10.2. The lowest BCUT2D eigenvalue weighted by Crippen LogP contribution is -2.27. The van der Waals surface area contributed by atoms with Gasteiger partial charge in [0, 0.05) is 24.8 Å². The Morgan fingerprint density at radius 3 is 2.89 bits per heavy atom. The van der Waals surface area contributed by atoms with Crippen LogP contribution in [0.2, 0.25) is 0 Å². The normalized spacial score (nSPS) is 19.4. The predicted molar refractivity (Wildman–Crippen MR) is 78.4 cm³/mol. The third-order valence-corrected chi connectivity index (χ3v) is 4.05. The number of amides is 1. The maximum absolute atomic E-state index is 11.6. The molecule has 1 aliphatic heterocycles. The van der Waals surface area contributed by atoms with E-state index in [9.17, 15) is 4.79 Å². The average molecular weight is 330 g/mol. The smallest absolute Gasteiger partial charge is 0.223 e. The van der Waals surface area contributed by atoms with E-state index in [1.807, 2.05) is 23.1 Å². The molecule has 0 radical (unpaired) electrons. The molecule has 1 aromatic rings. The molecular weight excluding hydrogens is 314 g/mol. The number of hydrogen-bond acceptors (Lipinski definition) is 3. The van der Waals surface area contributed by atoms with Gasteiger partial charge in [0.2, 0.25) is 5.91 Å². The summed E-state index contributed by atoms with van der Waals surface area (Å²) in [6.45, 7) is 1.52. The van der Waals surface area contributed by atoms with E-state index in [-0.39, 0.29) is 11.2 Å². The summed E-state index contributed by atoms with van der Waals surface area (Å²) in [5.74, 6) is 1.04. The standard InChI is InChI=1S/C13H16BrNO2S/c1-17-12-3-2-9(6-11(12)14)4-5-15-8-10(18)7-13(15)16/h2-3,6,10,18H,4-5,7-8H2,1H3. The molecule has 1 heterocycles. The van der Waals surface area contributed by atoms with Crippen molar-refractivity contribution in [2.45, 2.75) is 18.1 Å². The number of ether oxygens (including phenoxy) is 1. The molecule has 1 atom stereocenters. The summed E-state index contributed by atoms with van der Waals surface area (Å²) in [6, 6.07) is 6.01. The molecule has 3 nitrogen and oxygen atoms in total. The first-order chi connectivity index (χ1) is 8.60. The van der Waals surface area contributed by atoms with Crippen LogP contribution in [0.5, 0.6) is 5.75 Å².